The van der Waals surface area contributed by atoms with Gasteiger partial charge in [0, 0.05) is 38.3 Å². The van der Waals surface area contributed by atoms with Crippen molar-refractivity contribution in [3.63, 3.8) is 0 Å². The van der Waals surface area contributed by atoms with E-state index < -0.39 is 6.61 Å². The highest BCUT2D eigenvalue weighted by Gasteiger charge is 2.28. The van der Waals surface area contributed by atoms with Crippen molar-refractivity contribution in [3.05, 3.63) is 41.5 Å². The number of piperazine rings is 1. The Morgan fingerprint density at radius 1 is 0.848 bits per heavy atom. The number of hydrogen-bond donors (Lipinski definition) is 0. The summed E-state index contributed by atoms with van der Waals surface area (Å²) in [6.07, 6.45) is 0. The van der Waals surface area contributed by atoms with Gasteiger partial charge in [-0.3, -0.25) is 9.69 Å². The molecule has 0 unspecified atom stereocenters. The number of carbonyl (C=O) groups is 1. The minimum absolute atomic E-state index is 0.0460. The molecule has 1 heterocycles. The lowest BCUT2D eigenvalue weighted by Crippen LogP contribution is -2.48. The van der Waals surface area contributed by atoms with Gasteiger partial charge >= 0.3 is 6.61 Å². The predicted octanol–water partition coefficient (Wildman–Crippen LogP) is 3.28. The highest BCUT2D eigenvalue weighted by Crippen LogP contribution is 2.40. The minimum Gasteiger partial charge on any atom is -0.493 e. The van der Waals surface area contributed by atoms with E-state index in [-0.39, 0.29) is 23.0 Å². The second-order valence-corrected chi connectivity index (χ2v) is 7.28. The van der Waals surface area contributed by atoms with Crippen LogP contribution in [0.5, 0.6) is 28.7 Å². The molecule has 0 aromatic heterocycles. The first kappa shape index (κ1) is 24.4. The summed E-state index contributed by atoms with van der Waals surface area (Å²) in [7, 11) is 6.03. The number of nitrogens with zero attached hydrogens (tertiary/aromatic N) is 2. The number of hydrogen-bond acceptors (Lipinski definition) is 7. The van der Waals surface area contributed by atoms with Crippen LogP contribution in [0.25, 0.3) is 0 Å². The Morgan fingerprint density at radius 3 is 2.06 bits per heavy atom. The van der Waals surface area contributed by atoms with E-state index in [0.29, 0.717) is 50.0 Å². The first-order chi connectivity index (χ1) is 15.9. The van der Waals surface area contributed by atoms with Crippen LogP contribution >= 0.6 is 0 Å². The minimum atomic E-state index is -3.07. The van der Waals surface area contributed by atoms with Crippen molar-refractivity contribution in [2.75, 3.05) is 54.6 Å². The van der Waals surface area contributed by atoms with Crippen LogP contribution in [-0.2, 0) is 6.54 Å². The fraction of sp³-hybridized carbons (Fsp3) is 0.435. The normalized spacial score (nSPS) is 14.2. The Kier molecular flexibility index (Phi) is 8.16. The molecule has 1 aliphatic heterocycles. The van der Waals surface area contributed by atoms with Crippen LogP contribution in [0.3, 0.4) is 0 Å². The van der Waals surface area contributed by atoms with E-state index in [1.54, 1.807) is 32.3 Å². The highest BCUT2D eigenvalue weighted by atomic mass is 19.3. The maximum atomic E-state index is 13.1. The zero-order valence-corrected chi connectivity index (χ0v) is 19.1. The molecule has 10 heteroatoms. The van der Waals surface area contributed by atoms with Crippen molar-refractivity contribution >= 4 is 5.91 Å². The second kappa shape index (κ2) is 11.0. The van der Waals surface area contributed by atoms with Gasteiger partial charge in [0.1, 0.15) is 0 Å². The average Bonchev–Trinajstić information content (AvgIpc) is 2.83. The summed E-state index contributed by atoms with van der Waals surface area (Å²) < 4.78 is 51.8. The van der Waals surface area contributed by atoms with Gasteiger partial charge in [0.05, 0.1) is 34.0 Å². The number of carbonyl (C=O) groups excluding carboxylic acids is 1. The summed E-state index contributed by atoms with van der Waals surface area (Å²) in [6.45, 7) is -0.429. The fourth-order valence-corrected chi connectivity index (χ4v) is 3.86. The summed E-state index contributed by atoms with van der Waals surface area (Å²) >= 11 is 0. The topological polar surface area (TPSA) is 69.7 Å². The molecule has 180 valence electrons. The molecule has 0 radical (unpaired) electrons. The lowest BCUT2D eigenvalue weighted by molar-refractivity contribution is -0.0517. The Hall–Kier alpha value is -3.27. The number of benzene rings is 2. The first-order valence-corrected chi connectivity index (χ1v) is 10.3. The van der Waals surface area contributed by atoms with Crippen LogP contribution in [0, 0.1) is 0 Å². The van der Waals surface area contributed by atoms with Gasteiger partial charge < -0.3 is 28.6 Å². The third-order valence-electron chi connectivity index (χ3n) is 5.48. The molecule has 1 aliphatic rings. The number of amides is 1. The Balaban J connectivity index is 1.71. The Bertz CT molecular complexity index is 964. The van der Waals surface area contributed by atoms with Gasteiger partial charge in [-0.2, -0.15) is 8.78 Å². The van der Waals surface area contributed by atoms with Gasteiger partial charge in [-0.05, 0) is 18.2 Å². The standard InChI is InChI=1S/C23H28F2N2O6/c1-29-17-7-5-6-16(20(17)33-23(24)25)22(28)27-12-10-26(11-13-27)14-15-8-9-18(30-2)21(32-4)19(15)31-3/h5-9,23H,10-14H2,1-4H3. The average molecular weight is 466 g/mol. The quantitative estimate of drug-likeness (QED) is 0.562. The van der Waals surface area contributed by atoms with E-state index in [0.717, 1.165) is 5.56 Å². The molecule has 0 aliphatic carbocycles. The molecule has 8 nitrogen and oxygen atoms in total. The van der Waals surface area contributed by atoms with Gasteiger partial charge in [0.25, 0.3) is 5.91 Å². The molecule has 0 N–H and O–H groups in total. The van der Waals surface area contributed by atoms with Crippen molar-refractivity contribution in [3.8, 4) is 28.7 Å². The third-order valence-corrected chi connectivity index (χ3v) is 5.48. The maximum absolute atomic E-state index is 13.1. The van der Waals surface area contributed by atoms with Gasteiger partial charge in [-0.1, -0.05) is 12.1 Å². The SMILES string of the molecule is COc1cccc(C(=O)N2CCN(Cc3ccc(OC)c(OC)c3OC)CC2)c1OC(F)F. The highest BCUT2D eigenvalue weighted by molar-refractivity contribution is 5.98. The van der Waals surface area contributed by atoms with Crippen molar-refractivity contribution in [1.29, 1.82) is 0 Å². The smallest absolute Gasteiger partial charge is 0.387 e. The number of rotatable bonds is 9. The molecule has 0 saturated carbocycles. The number of ether oxygens (including phenoxy) is 5. The first-order valence-electron chi connectivity index (χ1n) is 10.3. The van der Waals surface area contributed by atoms with Crippen molar-refractivity contribution < 1.29 is 37.3 Å². The van der Waals surface area contributed by atoms with Gasteiger partial charge in [-0.25, -0.2) is 0 Å². The summed E-state index contributed by atoms with van der Waals surface area (Å²) in [6, 6.07) is 8.25. The van der Waals surface area contributed by atoms with Gasteiger partial charge in [0.15, 0.2) is 23.0 Å². The summed E-state index contributed by atoms with van der Waals surface area (Å²) in [5.41, 5.74) is 0.972. The molecule has 0 bridgehead atoms. The van der Waals surface area contributed by atoms with Crippen molar-refractivity contribution in [2.45, 2.75) is 13.2 Å². The van der Waals surface area contributed by atoms with Gasteiger partial charge in [0.2, 0.25) is 5.75 Å². The van der Waals surface area contributed by atoms with Gasteiger partial charge in [-0.15, -0.1) is 0 Å². The van der Waals surface area contributed by atoms with E-state index in [9.17, 15) is 13.6 Å². The van der Waals surface area contributed by atoms with Crippen LogP contribution in [0.1, 0.15) is 15.9 Å². The molecule has 33 heavy (non-hydrogen) atoms. The maximum Gasteiger partial charge on any atom is 0.387 e. The molecular weight excluding hydrogens is 438 g/mol. The Labute approximate surface area is 191 Å². The van der Waals surface area contributed by atoms with Crippen LogP contribution in [0.4, 0.5) is 8.78 Å². The van der Waals surface area contributed by atoms with E-state index in [2.05, 4.69) is 9.64 Å². The number of methoxy groups -OCH3 is 4. The monoisotopic (exact) mass is 466 g/mol. The number of alkyl halides is 2. The zero-order valence-electron chi connectivity index (χ0n) is 19.1. The molecule has 1 amide bonds. The summed E-state index contributed by atoms with van der Waals surface area (Å²) in [5.74, 6) is 1.15. The van der Waals surface area contributed by atoms with E-state index in [1.807, 2.05) is 12.1 Å². The molecule has 3 rings (SSSR count). The Morgan fingerprint density at radius 2 is 1.48 bits per heavy atom. The molecular formula is C23H28F2N2O6. The molecule has 0 spiro atoms. The molecule has 2 aromatic carbocycles. The van der Waals surface area contributed by atoms with Crippen LogP contribution in [0.15, 0.2) is 30.3 Å². The van der Waals surface area contributed by atoms with Crippen LogP contribution < -0.4 is 23.7 Å². The fourth-order valence-electron chi connectivity index (χ4n) is 3.86. The lowest BCUT2D eigenvalue weighted by atomic mass is 10.1. The molecule has 1 fully saturated rings. The summed E-state index contributed by atoms with van der Waals surface area (Å²) in [4.78, 5) is 16.9. The second-order valence-electron chi connectivity index (χ2n) is 7.28. The van der Waals surface area contributed by atoms with Crippen LogP contribution in [-0.4, -0.2) is 76.9 Å². The lowest BCUT2D eigenvalue weighted by Gasteiger charge is -2.35. The third kappa shape index (κ3) is 5.39. The zero-order chi connectivity index (χ0) is 24.0. The molecule has 0 atom stereocenters. The number of halogens is 2. The summed E-state index contributed by atoms with van der Waals surface area (Å²) in [5, 5.41) is 0. The number of para-hydroxylation sites is 1. The van der Waals surface area contributed by atoms with Crippen molar-refractivity contribution in [2.24, 2.45) is 0 Å². The van der Waals surface area contributed by atoms with E-state index in [4.69, 9.17) is 18.9 Å². The largest absolute Gasteiger partial charge is 0.493 e. The van der Waals surface area contributed by atoms with E-state index in [1.165, 1.54) is 19.2 Å². The van der Waals surface area contributed by atoms with Crippen molar-refractivity contribution in [1.82, 2.24) is 9.80 Å². The van der Waals surface area contributed by atoms with E-state index >= 15 is 0 Å². The predicted molar refractivity (Wildman–Crippen MR) is 117 cm³/mol. The molecule has 1 saturated heterocycles. The van der Waals surface area contributed by atoms with Crippen LogP contribution in [0.2, 0.25) is 0 Å². The molecule has 2 aromatic rings.